The van der Waals surface area contributed by atoms with Gasteiger partial charge in [-0.2, -0.15) is 0 Å². The van der Waals surface area contributed by atoms with Gasteiger partial charge >= 0.3 is 7.82 Å². The van der Waals surface area contributed by atoms with Crippen LogP contribution in [0.1, 0.15) is 181 Å². The number of hydrogen-bond acceptors (Lipinski definition) is 11. The van der Waals surface area contributed by atoms with E-state index in [4.69, 9.17) is 9.05 Å². The second-order valence-electron chi connectivity index (χ2n) is 16.1. The van der Waals surface area contributed by atoms with Crippen LogP contribution in [0.15, 0.2) is 24.3 Å². The quantitative estimate of drug-likeness (QED) is 0.0180. The summed E-state index contributed by atoms with van der Waals surface area (Å²) in [6, 6.07) is -1.15. The van der Waals surface area contributed by atoms with Crippen molar-refractivity contribution in [3.63, 3.8) is 0 Å². The maximum absolute atomic E-state index is 13.0. The van der Waals surface area contributed by atoms with E-state index >= 15 is 0 Å². The number of phosphoric acid groups is 1. The van der Waals surface area contributed by atoms with E-state index in [1.54, 1.807) is 0 Å². The van der Waals surface area contributed by atoms with Crippen LogP contribution in [0, 0.1) is 0 Å². The number of amides is 1. The summed E-state index contributed by atoms with van der Waals surface area (Å²) >= 11 is 0. The summed E-state index contributed by atoms with van der Waals surface area (Å²) in [5.74, 6) is -0.564. The zero-order valence-corrected chi connectivity index (χ0v) is 36.1. The van der Waals surface area contributed by atoms with Crippen molar-refractivity contribution in [2.75, 3.05) is 6.61 Å². The Labute approximate surface area is 344 Å². The van der Waals surface area contributed by atoms with Gasteiger partial charge in [0.25, 0.3) is 0 Å². The normalized spacial score (nSPS) is 24.2. The molecule has 0 heterocycles. The van der Waals surface area contributed by atoms with Crippen molar-refractivity contribution < 1.29 is 59.0 Å². The SMILES string of the molecule is CC/C=C\C/C=C\CCCCCCCCCCCCCCC(O)CC(=O)NC(COP(=O)(O)OC1C(O)C(O)C(O)C(O)C1O)C(O)CCCCCCCCCC. The van der Waals surface area contributed by atoms with Crippen LogP contribution in [0.4, 0.5) is 0 Å². The van der Waals surface area contributed by atoms with Crippen molar-refractivity contribution in [3.8, 4) is 0 Å². The molecule has 1 rings (SSSR count). The second kappa shape index (κ2) is 33.5. The number of rotatable bonds is 36. The standard InChI is InChI=1S/C43H82NO12P/c1-3-5-7-9-11-13-14-15-16-17-18-19-20-21-22-23-24-26-28-30-34(45)32-37(47)44-35(36(46)31-29-27-25-12-10-8-6-4-2)33-55-57(53,54)56-43-41(51)39(49)38(48)40(50)42(43)52/h5,7,11,13,34-36,38-43,45-46,48-52H,3-4,6,8-10,12,14-33H2,1-2H3,(H,44,47)(H,53,54)/b7-5-,13-11-. The van der Waals surface area contributed by atoms with Crippen LogP contribution >= 0.6 is 7.82 Å². The molecule has 1 amide bonds. The number of carbonyl (C=O) groups excluding carboxylic acids is 1. The van der Waals surface area contributed by atoms with Gasteiger partial charge in [0.05, 0.1) is 31.3 Å². The van der Waals surface area contributed by atoms with E-state index in [9.17, 15) is 50.0 Å². The molecule has 57 heavy (non-hydrogen) atoms. The average Bonchev–Trinajstić information content (AvgIpc) is 3.18. The molecule has 0 radical (unpaired) electrons. The summed E-state index contributed by atoms with van der Waals surface area (Å²) in [6.07, 6.45) is 21.2. The fraction of sp³-hybridized carbons (Fsp3) is 0.884. The number of carbonyl (C=O) groups is 1. The Morgan fingerprint density at radius 2 is 1.09 bits per heavy atom. The Balaban J connectivity index is 2.43. The summed E-state index contributed by atoms with van der Waals surface area (Å²) in [5.41, 5.74) is 0. The monoisotopic (exact) mass is 836 g/mol. The maximum Gasteiger partial charge on any atom is 0.472 e. The van der Waals surface area contributed by atoms with Gasteiger partial charge in [0.2, 0.25) is 5.91 Å². The molecule has 13 nitrogen and oxygen atoms in total. The van der Waals surface area contributed by atoms with Crippen molar-refractivity contribution in [1.82, 2.24) is 5.32 Å². The highest BCUT2D eigenvalue weighted by Gasteiger charge is 2.51. The third kappa shape index (κ3) is 25.9. The molecule has 0 aliphatic heterocycles. The Morgan fingerprint density at radius 1 is 0.632 bits per heavy atom. The highest BCUT2D eigenvalue weighted by Crippen LogP contribution is 2.47. The molecule has 1 fully saturated rings. The molecule has 336 valence electrons. The lowest BCUT2D eigenvalue weighted by Crippen LogP contribution is -2.64. The molecule has 1 saturated carbocycles. The van der Waals surface area contributed by atoms with E-state index in [0.29, 0.717) is 12.8 Å². The van der Waals surface area contributed by atoms with E-state index in [1.165, 1.54) is 70.6 Å². The lowest BCUT2D eigenvalue weighted by molar-refractivity contribution is -0.220. The smallest absolute Gasteiger partial charge is 0.393 e. The number of aliphatic hydroxyl groups is 7. The van der Waals surface area contributed by atoms with Crippen molar-refractivity contribution in [2.24, 2.45) is 0 Å². The molecule has 8 unspecified atom stereocenters. The van der Waals surface area contributed by atoms with Crippen LogP contribution < -0.4 is 5.32 Å². The molecular weight excluding hydrogens is 753 g/mol. The number of unbranched alkanes of at least 4 members (excludes halogenated alkanes) is 19. The van der Waals surface area contributed by atoms with Crippen LogP contribution in [-0.2, 0) is 18.4 Å². The second-order valence-corrected chi connectivity index (χ2v) is 17.5. The topological polar surface area (TPSA) is 226 Å². The Bertz CT molecular complexity index is 1080. The Morgan fingerprint density at radius 3 is 1.61 bits per heavy atom. The predicted octanol–water partition coefficient (Wildman–Crippen LogP) is 6.81. The molecule has 1 aliphatic rings. The summed E-state index contributed by atoms with van der Waals surface area (Å²) in [5, 5.41) is 74.3. The van der Waals surface area contributed by atoms with Gasteiger partial charge in [0, 0.05) is 0 Å². The minimum atomic E-state index is -5.11. The number of aliphatic hydroxyl groups excluding tert-OH is 7. The van der Waals surface area contributed by atoms with Gasteiger partial charge < -0.3 is 46.0 Å². The van der Waals surface area contributed by atoms with E-state index in [-0.39, 0.29) is 12.8 Å². The molecule has 0 aromatic rings. The molecule has 14 heteroatoms. The van der Waals surface area contributed by atoms with E-state index in [1.807, 2.05) is 0 Å². The van der Waals surface area contributed by atoms with Gasteiger partial charge in [-0.1, -0.05) is 160 Å². The largest absolute Gasteiger partial charge is 0.472 e. The van der Waals surface area contributed by atoms with Gasteiger partial charge in [-0.05, 0) is 38.5 Å². The molecule has 0 aromatic heterocycles. The van der Waals surface area contributed by atoms with Crippen molar-refractivity contribution >= 4 is 13.7 Å². The lowest BCUT2D eigenvalue weighted by atomic mass is 9.85. The van der Waals surface area contributed by atoms with Crippen LogP contribution in [-0.4, -0.2) is 108 Å². The van der Waals surface area contributed by atoms with E-state index in [0.717, 1.165) is 70.6 Å². The highest BCUT2D eigenvalue weighted by atomic mass is 31.2. The van der Waals surface area contributed by atoms with Gasteiger partial charge in [0.1, 0.15) is 36.6 Å². The first-order valence-electron chi connectivity index (χ1n) is 22.4. The van der Waals surface area contributed by atoms with Crippen molar-refractivity contribution in [2.45, 2.75) is 236 Å². The molecule has 0 spiro atoms. The Kier molecular flexibility index (Phi) is 31.6. The van der Waals surface area contributed by atoms with Gasteiger partial charge in [-0.3, -0.25) is 13.8 Å². The first-order valence-corrected chi connectivity index (χ1v) is 23.9. The van der Waals surface area contributed by atoms with Crippen LogP contribution in [0.5, 0.6) is 0 Å². The minimum absolute atomic E-state index is 0.222. The van der Waals surface area contributed by atoms with Gasteiger partial charge in [0.15, 0.2) is 0 Å². The fourth-order valence-electron chi connectivity index (χ4n) is 7.16. The lowest BCUT2D eigenvalue weighted by Gasteiger charge is -2.41. The van der Waals surface area contributed by atoms with Gasteiger partial charge in [-0.15, -0.1) is 0 Å². The van der Waals surface area contributed by atoms with Crippen molar-refractivity contribution in [1.29, 1.82) is 0 Å². The first-order chi connectivity index (χ1) is 27.3. The highest BCUT2D eigenvalue weighted by molar-refractivity contribution is 7.47. The average molecular weight is 836 g/mol. The van der Waals surface area contributed by atoms with Gasteiger partial charge in [-0.25, -0.2) is 4.57 Å². The third-order valence-corrected chi connectivity index (χ3v) is 11.8. The number of allylic oxidation sites excluding steroid dienone is 4. The molecule has 8 atom stereocenters. The molecule has 0 aromatic carbocycles. The number of phosphoric ester groups is 1. The predicted molar refractivity (Wildman–Crippen MR) is 224 cm³/mol. The third-order valence-electron chi connectivity index (χ3n) is 10.8. The molecule has 0 saturated heterocycles. The molecule has 1 aliphatic carbocycles. The zero-order valence-electron chi connectivity index (χ0n) is 35.3. The molecule has 9 N–H and O–H groups in total. The van der Waals surface area contributed by atoms with Crippen molar-refractivity contribution in [3.05, 3.63) is 24.3 Å². The van der Waals surface area contributed by atoms with Crippen LogP contribution in [0.3, 0.4) is 0 Å². The minimum Gasteiger partial charge on any atom is -0.393 e. The van der Waals surface area contributed by atoms with Crippen LogP contribution in [0.25, 0.3) is 0 Å². The molecule has 0 bridgehead atoms. The van der Waals surface area contributed by atoms with E-state index in [2.05, 4.69) is 43.5 Å². The molecular formula is C43H82NO12P. The Hall–Kier alpha value is -1.22. The summed E-state index contributed by atoms with van der Waals surface area (Å²) in [4.78, 5) is 23.3. The fourth-order valence-corrected chi connectivity index (χ4v) is 8.13. The first kappa shape index (κ1) is 53.8. The van der Waals surface area contributed by atoms with Crippen LogP contribution in [0.2, 0.25) is 0 Å². The number of nitrogens with one attached hydrogen (secondary N) is 1. The summed E-state index contributed by atoms with van der Waals surface area (Å²) < 4.78 is 22.8. The zero-order chi connectivity index (χ0) is 42.3. The van der Waals surface area contributed by atoms with E-state index < -0.39 is 75.2 Å². The summed E-state index contributed by atoms with van der Waals surface area (Å²) in [7, 11) is -5.11. The maximum atomic E-state index is 13.0. The number of hydrogen-bond donors (Lipinski definition) is 9. The summed E-state index contributed by atoms with van der Waals surface area (Å²) in [6.45, 7) is 3.63.